The second kappa shape index (κ2) is 6.27. The quantitative estimate of drug-likeness (QED) is 0.650. The minimum atomic E-state index is -4.40. The van der Waals surface area contributed by atoms with Gasteiger partial charge in [-0.2, -0.15) is 13.2 Å². The third-order valence-corrected chi connectivity index (χ3v) is 2.58. The number of halogens is 4. The Balaban J connectivity index is 2.90. The molecule has 0 atom stereocenters. The summed E-state index contributed by atoms with van der Waals surface area (Å²) in [5.41, 5.74) is 5.10. The first-order valence-corrected chi connectivity index (χ1v) is 6.42. The van der Waals surface area contributed by atoms with E-state index >= 15 is 0 Å². The Morgan fingerprint density at radius 3 is 2.53 bits per heavy atom. The molecular weight excluding hydrogens is 323 g/mol. The van der Waals surface area contributed by atoms with Crippen molar-refractivity contribution in [2.24, 2.45) is 16.6 Å². The van der Waals surface area contributed by atoms with Gasteiger partial charge in [-0.3, -0.25) is 4.99 Å². The molecule has 19 heavy (non-hydrogen) atoms. The molecule has 0 saturated carbocycles. The molecule has 106 valence electrons. The predicted octanol–water partition coefficient (Wildman–Crippen LogP) is 3.85. The van der Waals surface area contributed by atoms with Crippen LogP contribution >= 0.6 is 15.9 Å². The molecule has 1 rings (SSSR count). The summed E-state index contributed by atoms with van der Waals surface area (Å²) in [5, 5.41) is 2.65. The summed E-state index contributed by atoms with van der Waals surface area (Å²) in [6, 6.07) is 3.50. The summed E-state index contributed by atoms with van der Waals surface area (Å²) in [7, 11) is 0. The van der Waals surface area contributed by atoms with E-state index in [4.69, 9.17) is 5.73 Å². The molecule has 0 fully saturated rings. The first-order valence-electron chi connectivity index (χ1n) is 5.63. The number of alkyl halides is 3. The van der Waals surface area contributed by atoms with Crippen molar-refractivity contribution in [3.8, 4) is 0 Å². The number of guanidine groups is 1. The number of nitrogens with one attached hydrogen (secondary N) is 1. The van der Waals surface area contributed by atoms with Gasteiger partial charge in [-0.05, 0) is 24.1 Å². The third kappa shape index (κ3) is 5.50. The van der Waals surface area contributed by atoms with E-state index in [-0.39, 0.29) is 11.6 Å². The summed E-state index contributed by atoms with van der Waals surface area (Å²) >= 11 is 3.04. The highest BCUT2D eigenvalue weighted by Gasteiger charge is 2.31. The molecule has 3 N–H and O–H groups in total. The first-order chi connectivity index (χ1) is 8.68. The summed E-state index contributed by atoms with van der Waals surface area (Å²) in [4.78, 5) is 4.03. The van der Waals surface area contributed by atoms with E-state index in [9.17, 15) is 13.2 Å². The molecule has 3 nitrogen and oxygen atoms in total. The number of hydrogen-bond acceptors (Lipinski definition) is 1. The standard InChI is InChI=1S/C12H15BrF3N3/c1-7(2)6-18-11(17)19-10-4-8(12(14,15)16)3-9(13)5-10/h3-5,7H,6H2,1-2H3,(H3,17,18,19). The van der Waals surface area contributed by atoms with Crippen molar-refractivity contribution in [3.05, 3.63) is 28.2 Å². The van der Waals surface area contributed by atoms with E-state index in [1.165, 1.54) is 6.07 Å². The second-order valence-corrected chi connectivity index (χ2v) is 5.39. The van der Waals surface area contributed by atoms with Gasteiger partial charge < -0.3 is 11.1 Å². The van der Waals surface area contributed by atoms with Crippen molar-refractivity contribution >= 4 is 27.6 Å². The fourth-order valence-corrected chi connectivity index (χ4v) is 1.79. The van der Waals surface area contributed by atoms with Gasteiger partial charge >= 0.3 is 6.18 Å². The lowest BCUT2D eigenvalue weighted by Gasteiger charge is -2.11. The summed E-state index contributed by atoms with van der Waals surface area (Å²) < 4.78 is 38.2. The van der Waals surface area contributed by atoms with Crippen molar-refractivity contribution in [1.82, 2.24) is 0 Å². The summed E-state index contributed by atoms with van der Waals surface area (Å²) in [6.07, 6.45) is -4.40. The summed E-state index contributed by atoms with van der Waals surface area (Å²) in [6.45, 7) is 4.45. The largest absolute Gasteiger partial charge is 0.416 e. The minimum Gasteiger partial charge on any atom is -0.370 e. The predicted molar refractivity (Wildman–Crippen MR) is 74.1 cm³/mol. The van der Waals surface area contributed by atoms with E-state index in [1.54, 1.807) is 0 Å². The average molecular weight is 338 g/mol. The lowest BCUT2D eigenvalue weighted by Crippen LogP contribution is -2.23. The van der Waals surface area contributed by atoms with Crippen molar-refractivity contribution in [2.75, 3.05) is 11.9 Å². The Kier molecular flexibility index (Phi) is 5.22. The molecule has 7 heteroatoms. The van der Waals surface area contributed by atoms with Crippen LogP contribution in [0.1, 0.15) is 19.4 Å². The maximum Gasteiger partial charge on any atom is 0.416 e. The topological polar surface area (TPSA) is 50.4 Å². The molecule has 0 amide bonds. The van der Waals surface area contributed by atoms with Crippen LogP contribution in [0.15, 0.2) is 27.7 Å². The number of benzene rings is 1. The lowest BCUT2D eigenvalue weighted by molar-refractivity contribution is -0.137. The summed E-state index contributed by atoms with van der Waals surface area (Å²) in [5.74, 6) is 0.425. The van der Waals surface area contributed by atoms with Gasteiger partial charge in [-0.15, -0.1) is 0 Å². The molecule has 1 aromatic carbocycles. The lowest BCUT2D eigenvalue weighted by atomic mass is 10.2. The Bertz CT molecular complexity index is 470. The van der Waals surface area contributed by atoms with Crippen LogP contribution in [0.25, 0.3) is 0 Å². The molecule has 0 unspecified atom stereocenters. The van der Waals surface area contributed by atoms with Crippen molar-refractivity contribution < 1.29 is 13.2 Å². The number of hydrogen-bond donors (Lipinski definition) is 2. The van der Waals surface area contributed by atoms with Crippen LogP contribution < -0.4 is 11.1 Å². The van der Waals surface area contributed by atoms with Crippen molar-refractivity contribution in [3.63, 3.8) is 0 Å². The first kappa shape index (κ1) is 15.8. The highest BCUT2D eigenvalue weighted by molar-refractivity contribution is 9.10. The van der Waals surface area contributed by atoms with Gasteiger partial charge in [-0.1, -0.05) is 29.8 Å². The van der Waals surface area contributed by atoms with Gasteiger partial charge in [0, 0.05) is 16.7 Å². The second-order valence-electron chi connectivity index (χ2n) is 4.47. The molecule has 0 saturated heterocycles. The van der Waals surface area contributed by atoms with Gasteiger partial charge in [0.2, 0.25) is 0 Å². The van der Waals surface area contributed by atoms with Gasteiger partial charge in [-0.25, -0.2) is 0 Å². The Hall–Kier alpha value is -1.24. The SMILES string of the molecule is CC(C)CN=C(N)Nc1cc(Br)cc(C(F)(F)F)c1. The number of nitrogens with zero attached hydrogens (tertiary/aromatic N) is 1. The van der Waals surface area contributed by atoms with Crippen LogP contribution in [0, 0.1) is 5.92 Å². The Morgan fingerprint density at radius 2 is 2.00 bits per heavy atom. The van der Waals surface area contributed by atoms with Crippen LogP contribution in [-0.2, 0) is 6.18 Å². The van der Waals surface area contributed by atoms with E-state index in [0.29, 0.717) is 16.9 Å². The Morgan fingerprint density at radius 1 is 1.37 bits per heavy atom. The minimum absolute atomic E-state index is 0.0972. The number of rotatable bonds is 3. The zero-order valence-electron chi connectivity index (χ0n) is 10.6. The fraction of sp³-hybridized carbons (Fsp3) is 0.417. The molecule has 0 aliphatic carbocycles. The molecule has 1 aromatic rings. The van der Waals surface area contributed by atoms with Gasteiger partial charge in [0.25, 0.3) is 0 Å². The monoisotopic (exact) mass is 337 g/mol. The molecule has 0 aliphatic heterocycles. The van der Waals surface area contributed by atoms with Gasteiger partial charge in [0.15, 0.2) is 5.96 Å². The number of anilines is 1. The number of nitrogens with two attached hydrogens (primary N) is 1. The highest BCUT2D eigenvalue weighted by Crippen LogP contribution is 2.33. The van der Waals surface area contributed by atoms with Gasteiger partial charge in [0.1, 0.15) is 0 Å². The maximum absolute atomic E-state index is 12.6. The fourth-order valence-electron chi connectivity index (χ4n) is 1.29. The van der Waals surface area contributed by atoms with Crippen LogP contribution in [0.4, 0.5) is 18.9 Å². The van der Waals surface area contributed by atoms with Crippen LogP contribution in [0.5, 0.6) is 0 Å². The van der Waals surface area contributed by atoms with Crippen molar-refractivity contribution in [2.45, 2.75) is 20.0 Å². The Labute approximate surface area is 118 Å². The van der Waals surface area contributed by atoms with E-state index in [2.05, 4.69) is 26.2 Å². The van der Waals surface area contributed by atoms with E-state index in [0.717, 1.165) is 12.1 Å². The van der Waals surface area contributed by atoms with Gasteiger partial charge in [0.05, 0.1) is 5.56 Å². The van der Waals surface area contributed by atoms with Crippen LogP contribution in [-0.4, -0.2) is 12.5 Å². The zero-order chi connectivity index (χ0) is 14.6. The molecule has 0 aromatic heterocycles. The smallest absolute Gasteiger partial charge is 0.370 e. The molecular formula is C12H15BrF3N3. The molecule has 0 spiro atoms. The number of aliphatic imine (C=N–C) groups is 1. The van der Waals surface area contributed by atoms with E-state index in [1.807, 2.05) is 13.8 Å². The normalized spacial score (nSPS) is 12.9. The average Bonchev–Trinajstić information content (AvgIpc) is 2.24. The highest BCUT2D eigenvalue weighted by atomic mass is 79.9. The van der Waals surface area contributed by atoms with E-state index < -0.39 is 11.7 Å². The molecule has 0 aliphatic rings. The third-order valence-electron chi connectivity index (χ3n) is 2.12. The zero-order valence-corrected chi connectivity index (χ0v) is 12.1. The van der Waals surface area contributed by atoms with Crippen LogP contribution in [0.3, 0.4) is 0 Å². The molecule has 0 bridgehead atoms. The van der Waals surface area contributed by atoms with Crippen LogP contribution in [0.2, 0.25) is 0 Å². The van der Waals surface area contributed by atoms with Crippen molar-refractivity contribution in [1.29, 1.82) is 0 Å². The molecule has 0 radical (unpaired) electrons. The maximum atomic E-state index is 12.6. The molecule has 0 heterocycles.